The van der Waals surface area contributed by atoms with Gasteiger partial charge >= 0.3 is 0 Å². The Hall–Kier alpha value is -0.440. The summed E-state index contributed by atoms with van der Waals surface area (Å²) in [4.78, 5) is 0. The van der Waals surface area contributed by atoms with Gasteiger partial charge in [0.25, 0.3) is 0 Å². The number of halogens is 2. The van der Waals surface area contributed by atoms with Crippen LogP contribution >= 0.6 is 23.2 Å². The Bertz CT molecular complexity index is 217. The van der Waals surface area contributed by atoms with Crippen LogP contribution in [-0.2, 0) is 0 Å². The number of rotatable bonds is 1. The molecule has 0 fully saturated rings. The van der Waals surface area contributed by atoms with Gasteiger partial charge in [0.2, 0.25) is 0 Å². The van der Waals surface area contributed by atoms with Gasteiger partial charge in [-0.2, -0.15) is 0 Å². The van der Waals surface area contributed by atoms with Gasteiger partial charge in [0.05, 0.1) is 5.69 Å². The SMILES string of the molecule is [NH3+]Nc1cc(Cl)cc(Cl)c1. The Morgan fingerprint density at radius 1 is 1.10 bits per heavy atom. The molecule has 0 unspecified atom stereocenters. The maximum atomic E-state index is 5.68. The van der Waals surface area contributed by atoms with Crippen molar-refractivity contribution in [2.75, 3.05) is 5.43 Å². The standard InChI is InChI=1S/C6H6Cl2N2/c7-4-1-5(8)3-6(2-4)10-9/h1-3,10H,9H2/p+1. The third-order valence-corrected chi connectivity index (χ3v) is 1.50. The Labute approximate surface area is 68.9 Å². The number of quaternary nitrogens is 1. The first-order valence-electron chi connectivity index (χ1n) is 2.71. The van der Waals surface area contributed by atoms with E-state index in [0.29, 0.717) is 10.0 Å². The topological polar surface area (TPSA) is 39.7 Å². The molecule has 54 valence electrons. The largest absolute Gasteiger partial charge is 0.258 e. The number of nitrogens with one attached hydrogen (secondary N) is 1. The molecule has 0 spiro atoms. The second-order valence-corrected chi connectivity index (χ2v) is 2.71. The van der Waals surface area contributed by atoms with Crippen molar-refractivity contribution in [1.29, 1.82) is 0 Å². The van der Waals surface area contributed by atoms with E-state index in [9.17, 15) is 0 Å². The highest BCUT2D eigenvalue weighted by molar-refractivity contribution is 6.35. The van der Waals surface area contributed by atoms with E-state index in [1.807, 2.05) is 0 Å². The zero-order valence-corrected chi connectivity index (χ0v) is 6.71. The fraction of sp³-hybridized carbons (Fsp3) is 0. The summed E-state index contributed by atoms with van der Waals surface area (Å²) in [5, 5.41) is 1.22. The zero-order valence-electron chi connectivity index (χ0n) is 5.20. The molecular weight excluding hydrogens is 171 g/mol. The number of anilines is 1. The van der Waals surface area contributed by atoms with Crippen molar-refractivity contribution in [2.45, 2.75) is 0 Å². The number of hydrogen-bond donors (Lipinski definition) is 2. The van der Waals surface area contributed by atoms with Gasteiger partial charge in [0.15, 0.2) is 0 Å². The maximum absolute atomic E-state index is 5.68. The van der Waals surface area contributed by atoms with Crippen LogP contribution in [0, 0.1) is 0 Å². The first kappa shape index (κ1) is 7.66. The molecule has 0 heterocycles. The first-order chi connectivity index (χ1) is 4.72. The minimum Gasteiger partial charge on any atom is -0.258 e. The van der Waals surface area contributed by atoms with E-state index in [1.54, 1.807) is 18.2 Å². The van der Waals surface area contributed by atoms with Crippen molar-refractivity contribution >= 4 is 28.9 Å². The predicted molar refractivity (Wildman–Crippen MR) is 43.0 cm³/mol. The van der Waals surface area contributed by atoms with Crippen molar-refractivity contribution in [2.24, 2.45) is 0 Å². The van der Waals surface area contributed by atoms with Crippen molar-refractivity contribution in [3.63, 3.8) is 0 Å². The van der Waals surface area contributed by atoms with Crippen molar-refractivity contribution in [1.82, 2.24) is 0 Å². The van der Waals surface area contributed by atoms with Crippen LogP contribution in [0.4, 0.5) is 5.69 Å². The summed E-state index contributed by atoms with van der Waals surface area (Å²) in [7, 11) is 0. The minimum absolute atomic E-state index is 0.610. The normalized spacial score (nSPS) is 9.50. The second-order valence-electron chi connectivity index (χ2n) is 1.83. The first-order valence-corrected chi connectivity index (χ1v) is 3.47. The van der Waals surface area contributed by atoms with Crippen molar-refractivity contribution in [3.05, 3.63) is 28.2 Å². The Kier molecular flexibility index (Phi) is 2.38. The molecule has 0 aliphatic rings. The van der Waals surface area contributed by atoms with Crippen LogP contribution in [0.5, 0.6) is 0 Å². The van der Waals surface area contributed by atoms with Gasteiger partial charge in [-0.1, -0.05) is 23.2 Å². The lowest BCUT2D eigenvalue weighted by atomic mass is 10.3. The maximum Gasteiger partial charge on any atom is 0.0877 e. The summed E-state index contributed by atoms with van der Waals surface area (Å²) in [6, 6.07) is 5.17. The highest BCUT2D eigenvalue weighted by atomic mass is 35.5. The molecule has 0 atom stereocenters. The molecule has 1 rings (SSSR count). The minimum atomic E-state index is 0.610. The molecule has 2 nitrogen and oxygen atoms in total. The van der Waals surface area contributed by atoms with E-state index in [4.69, 9.17) is 23.2 Å². The molecule has 0 amide bonds. The molecule has 0 radical (unpaired) electrons. The van der Waals surface area contributed by atoms with Gasteiger partial charge in [-0.3, -0.25) is 5.84 Å². The quantitative estimate of drug-likeness (QED) is 0.629. The van der Waals surface area contributed by atoms with Gasteiger partial charge < -0.3 is 0 Å². The van der Waals surface area contributed by atoms with Crippen LogP contribution in [0.25, 0.3) is 0 Å². The van der Waals surface area contributed by atoms with E-state index in [0.717, 1.165) is 5.69 Å². The predicted octanol–water partition coefficient (Wildman–Crippen LogP) is 1.56. The number of benzene rings is 1. The molecule has 0 aliphatic heterocycles. The van der Waals surface area contributed by atoms with Gasteiger partial charge in [-0.15, -0.1) is 0 Å². The molecule has 0 bridgehead atoms. The summed E-state index contributed by atoms with van der Waals surface area (Å²) >= 11 is 11.4. The van der Waals surface area contributed by atoms with Crippen LogP contribution in [0.2, 0.25) is 10.0 Å². The highest BCUT2D eigenvalue weighted by Crippen LogP contribution is 2.21. The molecule has 0 aromatic heterocycles. The fourth-order valence-electron chi connectivity index (χ4n) is 0.656. The molecular formula is C6H7Cl2N2+. The van der Waals surface area contributed by atoms with Crippen LogP contribution in [0.3, 0.4) is 0 Å². The van der Waals surface area contributed by atoms with Crippen LogP contribution in [-0.4, -0.2) is 0 Å². The summed E-state index contributed by atoms with van der Waals surface area (Å²) in [5.41, 5.74) is 3.51. The van der Waals surface area contributed by atoms with E-state index in [-0.39, 0.29) is 0 Å². The van der Waals surface area contributed by atoms with Crippen LogP contribution in [0.15, 0.2) is 18.2 Å². The van der Waals surface area contributed by atoms with Gasteiger partial charge in [0, 0.05) is 10.0 Å². The summed E-state index contributed by atoms with van der Waals surface area (Å²) in [5.74, 6) is 3.47. The summed E-state index contributed by atoms with van der Waals surface area (Å²) < 4.78 is 0. The Morgan fingerprint density at radius 2 is 1.60 bits per heavy atom. The van der Waals surface area contributed by atoms with E-state index >= 15 is 0 Å². The number of hydrogen-bond acceptors (Lipinski definition) is 1. The van der Waals surface area contributed by atoms with E-state index < -0.39 is 0 Å². The second kappa shape index (κ2) is 3.10. The molecule has 0 saturated carbocycles. The van der Waals surface area contributed by atoms with Crippen LogP contribution in [0.1, 0.15) is 0 Å². The molecule has 0 aliphatic carbocycles. The molecule has 4 N–H and O–H groups in total. The van der Waals surface area contributed by atoms with Gasteiger partial charge in [-0.05, 0) is 18.2 Å². The smallest absolute Gasteiger partial charge is 0.0877 e. The van der Waals surface area contributed by atoms with Crippen LogP contribution < -0.4 is 11.3 Å². The van der Waals surface area contributed by atoms with Gasteiger partial charge in [0.1, 0.15) is 0 Å². The Morgan fingerprint density at radius 3 is 2.00 bits per heavy atom. The zero-order chi connectivity index (χ0) is 7.56. The molecule has 10 heavy (non-hydrogen) atoms. The van der Waals surface area contributed by atoms with Crippen molar-refractivity contribution in [3.8, 4) is 0 Å². The third kappa shape index (κ3) is 1.77. The van der Waals surface area contributed by atoms with Crippen molar-refractivity contribution < 1.29 is 5.84 Å². The molecule has 0 saturated heterocycles. The average molecular weight is 178 g/mol. The third-order valence-electron chi connectivity index (χ3n) is 1.07. The molecule has 4 heteroatoms. The lowest BCUT2D eigenvalue weighted by Crippen LogP contribution is -2.56. The van der Waals surface area contributed by atoms with E-state index in [2.05, 4.69) is 11.3 Å². The lowest BCUT2D eigenvalue weighted by molar-refractivity contribution is -0.325. The molecule has 1 aromatic carbocycles. The fourth-order valence-corrected chi connectivity index (χ4v) is 1.18. The highest BCUT2D eigenvalue weighted by Gasteiger charge is 1.95. The van der Waals surface area contributed by atoms with E-state index in [1.165, 1.54) is 0 Å². The van der Waals surface area contributed by atoms with Gasteiger partial charge in [-0.25, -0.2) is 5.43 Å². The monoisotopic (exact) mass is 177 g/mol. The average Bonchev–Trinajstić information content (AvgIpc) is 1.85. The molecule has 1 aromatic rings. The Balaban J connectivity index is 3.06. The lowest BCUT2D eigenvalue weighted by Gasteiger charge is -1.97. The summed E-state index contributed by atoms with van der Waals surface area (Å²) in [6.45, 7) is 0. The summed E-state index contributed by atoms with van der Waals surface area (Å²) in [6.07, 6.45) is 0.